The maximum atomic E-state index is 12.1. The van der Waals surface area contributed by atoms with Gasteiger partial charge in [-0.05, 0) is 50.5 Å². The lowest BCUT2D eigenvalue weighted by molar-refractivity contribution is 0.0285. The van der Waals surface area contributed by atoms with Crippen LogP contribution in [0.2, 0.25) is 0 Å². The number of nitrogens with one attached hydrogen (secondary N) is 2. The van der Waals surface area contributed by atoms with Crippen LogP contribution in [-0.4, -0.2) is 41.6 Å². The Hall–Kier alpha value is -3.09. The Morgan fingerprint density at radius 2 is 1.73 bits per heavy atom. The fourth-order valence-electron chi connectivity index (χ4n) is 2.72. The summed E-state index contributed by atoms with van der Waals surface area (Å²) in [5.74, 6) is 0.716. The van der Waals surface area contributed by atoms with E-state index in [1.54, 1.807) is 25.2 Å². The zero-order valence-corrected chi connectivity index (χ0v) is 18.8. The van der Waals surface area contributed by atoms with Crippen molar-refractivity contribution in [3.63, 3.8) is 0 Å². The first-order valence-electron chi connectivity index (χ1n) is 10.0. The molecule has 1 aromatic heterocycles. The molecule has 0 bridgehead atoms. The highest BCUT2D eigenvalue weighted by molar-refractivity contribution is 5.79. The van der Waals surface area contributed by atoms with Crippen LogP contribution in [0.15, 0.2) is 47.6 Å². The summed E-state index contributed by atoms with van der Waals surface area (Å²) in [6.07, 6.45) is 1.47. The van der Waals surface area contributed by atoms with E-state index < -0.39 is 5.60 Å². The Bertz CT molecular complexity index is 857. The summed E-state index contributed by atoms with van der Waals surface area (Å²) in [7, 11) is 3.48. The van der Waals surface area contributed by atoms with Crippen molar-refractivity contribution >= 4 is 12.1 Å². The topological polar surface area (TPSA) is 78.9 Å². The largest absolute Gasteiger partial charge is 0.444 e. The highest BCUT2D eigenvalue weighted by Gasteiger charge is 2.19. The molecule has 0 spiro atoms. The van der Waals surface area contributed by atoms with Gasteiger partial charge in [-0.2, -0.15) is 0 Å². The molecule has 0 saturated heterocycles. The second-order valence-electron chi connectivity index (χ2n) is 8.20. The number of hydrogen-bond donors (Lipinski definition) is 2. The lowest BCUT2D eigenvalue weighted by atomic mass is 10.1. The lowest BCUT2D eigenvalue weighted by Gasteiger charge is -2.24. The third kappa shape index (κ3) is 7.73. The number of rotatable bonds is 6. The molecule has 0 fully saturated rings. The normalized spacial score (nSPS) is 11.7. The van der Waals surface area contributed by atoms with Gasteiger partial charge >= 0.3 is 6.09 Å². The summed E-state index contributed by atoms with van der Waals surface area (Å²) in [5.41, 5.74) is 3.81. The molecule has 0 aliphatic rings. The number of hydrogen-bond acceptors (Lipinski definition) is 4. The highest BCUT2D eigenvalue weighted by atomic mass is 16.6. The minimum Gasteiger partial charge on any atom is -0.444 e. The molecule has 0 aliphatic heterocycles. The van der Waals surface area contributed by atoms with Gasteiger partial charge in [0.25, 0.3) is 0 Å². The van der Waals surface area contributed by atoms with Gasteiger partial charge < -0.3 is 20.3 Å². The van der Waals surface area contributed by atoms with E-state index in [0.717, 1.165) is 22.4 Å². The zero-order chi connectivity index (χ0) is 22.1. The third-order valence-electron chi connectivity index (χ3n) is 4.37. The number of benzene rings is 1. The van der Waals surface area contributed by atoms with Crippen molar-refractivity contribution in [2.45, 2.75) is 52.9 Å². The minimum absolute atomic E-state index is 0.328. The van der Waals surface area contributed by atoms with Crippen LogP contribution in [0.5, 0.6) is 0 Å². The third-order valence-corrected chi connectivity index (χ3v) is 4.37. The predicted molar refractivity (Wildman–Crippen MR) is 120 cm³/mol. The number of aliphatic imine (C=N–C) groups is 1. The van der Waals surface area contributed by atoms with Crippen molar-refractivity contribution < 1.29 is 9.53 Å². The summed E-state index contributed by atoms with van der Waals surface area (Å²) in [6.45, 7) is 9.38. The smallest absolute Gasteiger partial charge is 0.410 e. The van der Waals surface area contributed by atoms with Crippen LogP contribution in [-0.2, 0) is 24.4 Å². The standard InChI is InChI=1S/C23H33N5O2/c1-17-8-7-13-25-20(17)15-27-21(24-5)26-14-18-9-11-19(12-10-18)16-28(6)22(29)30-23(2,3)4/h7-13H,14-16H2,1-6H3,(H2,24,26,27). The molecule has 2 rings (SSSR count). The summed E-state index contributed by atoms with van der Waals surface area (Å²) in [6, 6.07) is 12.1. The fraction of sp³-hybridized carbons (Fsp3) is 0.435. The summed E-state index contributed by atoms with van der Waals surface area (Å²) < 4.78 is 5.39. The van der Waals surface area contributed by atoms with E-state index in [1.807, 2.05) is 64.1 Å². The van der Waals surface area contributed by atoms with Gasteiger partial charge in [-0.25, -0.2) is 4.79 Å². The molecule has 1 amide bonds. The van der Waals surface area contributed by atoms with Crippen LogP contribution in [0.1, 0.15) is 43.2 Å². The summed E-state index contributed by atoms with van der Waals surface area (Å²) >= 11 is 0. The monoisotopic (exact) mass is 411 g/mol. The molecule has 7 nitrogen and oxygen atoms in total. The lowest BCUT2D eigenvalue weighted by Crippen LogP contribution is -2.36. The number of pyridine rings is 1. The average Bonchev–Trinajstić information content (AvgIpc) is 2.69. The number of aryl methyl sites for hydroxylation is 1. The molecule has 0 aliphatic carbocycles. The molecule has 162 valence electrons. The Morgan fingerprint density at radius 3 is 2.33 bits per heavy atom. The van der Waals surface area contributed by atoms with E-state index in [-0.39, 0.29) is 6.09 Å². The average molecular weight is 412 g/mol. The van der Waals surface area contributed by atoms with Crippen molar-refractivity contribution in [3.8, 4) is 0 Å². The maximum absolute atomic E-state index is 12.1. The van der Waals surface area contributed by atoms with Crippen LogP contribution in [0.25, 0.3) is 0 Å². The van der Waals surface area contributed by atoms with Crippen molar-refractivity contribution in [2.24, 2.45) is 4.99 Å². The van der Waals surface area contributed by atoms with Gasteiger partial charge in [0.05, 0.1) is 12.2 Å². The number of ether oxygens (including phenoxy) is 1. The van der Waals surface area contributed by atoms with Gasteiger partial charge in [-0.15, -0.1) is 0 Å². The van der Waals surface area contributed by atoms with E-state index in [4.69, 9.17) is 4.74 Å². The first kappa shape index (κ1) is 23.2. The van der Waals surface area contributed by atoms with Crippen LogP contribution in [0.3, 0.4) is 0 Å². The first-order valence-corrected chi connectivity index (χ1v) is 10.0. The number of nitrogens with zero attached hydrogens (tertiary/aromatic N) is 3. The van der Waals surface area contributed by atoms with E-state index in [1.165, 1.54) is 0 Å². The number of amides is 1. The maximum Gasteiger partial charge on any atom is 0.410 e. The number of aromatic nitrogens is 1. The molecule has 30 heavy (non-hydrogen) atoms. The van der Waals surface area contributed by atoms with Gasteiger partial charge in [0.2, 0.25) is 0 Å². The molecule has 2 aromatic rings. The second kappa shape index (κ2) is 10.6. The van der Waals surface area contributed by atoms with Gasteiger partial charge in [-0.1, -0.05) is 30.3 Å². The molecule has 1 heterocycles. The van der Waals surface area contributed by atoms with E-state index >= 15 is 0 Å². The van der Waals surface area contributed by atoms with Crippen LogP contribution in [0, 0.1) is 6.92 Å². The molecule has 2 N–H and O–H groups in total. The Kier molecular flexibility index (Phi) is 8.21. The molecule has 0 radical (unpaired) electrons. The van der Waals surface area contributed by atoms with Gasteiger partial charge in [0.15, 0.2) is 5.96 Å². The molecule has 0 saturated carbocycles. The number of guanidine groups is 1. The van der Waals surface area contributed by atoms with E-state index in [2.05, 4.69) is 20.6 Å². The number of carbonyl (C=O) groups is 1. The van der Waals surface area contributed by atoms with E-state index in [9.17, 15) is 4.79 Å². The first-order chi connectivity index (χ1) is 14.2. The predicted octanol–water partition coefficient (Wildman–Crippen LogP) is 3.62. The molecule has 0 atom stereocenters. The van der Waals surface area contributed by atoms with Crippen molar-refractivity contribution in [3.05, 3.63) is 65.0 Å². The Balaban J connectivity index is 1.83. The second-order valence-corrected chi connectivity index (χ2v) is 8.20. The van der Waals surface area contributed by atoms with E-state index in [0.29, 0.717) is 25.6 Å². The zero-order valence-electron chi connectivity index (χ0n) is 18.8. The molecule has 0 unspecified atom stereocenters. The summed E-state index contributed by atoms with van der Waals surface area (Å²) in [4.78, 5) is 22.3. The molecule has 1 aromatic carbocycles. The van der Waals surface area contributed by atoms with Crippen LogP contribution < -0.4 is 10.6 Å². The van der Waals surface area contributed by atoms with Gasteiger partial charge in [0, 0.05) is 33.4 Å². The van der Waals surface area contributed by atoms with Crippen LogP contribution >= 0.6 is 0 Å². The van der Waals surface area contributed by atoms with Crippen molar-refractivity contribution in [1.29, 1.82) is 0 Å². The SMILES string of the molecule is CN=C(NCc1ccc(CN(C)C(=O)OC(C)(C)C)cc1)NCc1ncccc1C. The van der Waals surface area contributed by atoms with Gasteiger partial charge in [-0.3, -0.25) is 9.98 Å². The minimum atomic E-state index is -0.497. The Morgan fingerprint density at radius 1 is 1.10 bits per heavy atom. The quantitative estimate of drug-likeness (QED) is 0.561. The van der Waals surface area contributed by atoms with Crippen LogP contribution in [0.4, 0.5) is 4.79 Å². The van der Waals surface area contributed by atoms with Crippen molar-refractivity contribution in [1.82, 2.24) is 20.5 Å². The number of carbonyl (C=O) groups excluding carboxylic acids is 1. The Labute approximate surface area is 179 Å². The van der Waals surface area contributed by atoms with Gasteiger partial charge in [0.1, 0.15) is 5.60 Å². The summed E-state index contributed by atoms with van der Waals surface area (Å²) in [5, 5.41) is 6.59. The fourth-order valence-corrected chi connectivity index (χ4v) is 2.72. The van der Waals surface area contributed by atoms with Crippen molar-refractivity contribution in [2.75, 3.05) is 14.1 Å². The molecular weight excluding hydrogens is 378 g/mol. The molecular formula is C23H33N5O2. The highest BCUT2D eigenvalue weighted by Crippen LogP contribution is 2.12. The molecule has 7 heteroatoms.